The lowest BCUT2D eigenvalue weighted by Crippen LogP contribution is -1.86. The fourth-order valence-corrected chi connectivity index (χ4v) is 2.95. The van der Waals surface area contributed by atoms with Crippen molar-refractivity contribution in [2.75, 3.05) is 7.11 Å². The fraction of sp³-hybridized carbons (Fsp3) is 0.0526. The average molecular weight is 358 g/mol. The number of hydrogen-bond donors (Lipinski definition) is 2. The van der Waals surface area contributed by atoms with Gasteiger partial charge in [0.1, 0.15) is 17.0 Å². The summed E-state index contributed by atoms with van der Waals surface area (Å²) in [6, 6.07) is 7.61. The Labute approximate surface area is 153 Å². The molecule has 8 nitrogen and oxygen atoms in total. The molecule has 5 aromatic rings. The first-order valence-corrected chi connectivity index (χ1v) is 8.24. The number of nitrogens with zero attached hydrogens (tertiary/aromatic N) is 4. The zero-order valence-electron chi connectivity index (χ0n) is 14.3. The molecule has 5 aromatic heterocycles. The Bertz CT molecular complexity index is 1220. The third-order valence-corrected chi connectivity index (χ3v) is 4.30. The maximum Gasteiger partial charge on any atom is 0.160 e. The van der Waals surface area contributed by atoms with Crippen LogP contribution in [0.2, 0.25) is 0 Å². The van der Waals surface area contributed by atoms with Gasteiger partial charge in [-0.3, -0.25) is 10.1 Å². The topological polar surface area (TPSA) is 106 Å². The Balaban J connectivity index is 1.57. The molecule has 0 atom stereocenters. The third kappa shape index (κ3) is 2.63. The van der Waals surface area contributed by atoms with Crippen LogP contribution < -0.4 is 4.74 Å². The average Bonchev–Trinajstić information content (AvgIpc) is 3.47. The molecular formula is C19H14N6O2. The van der Waals surface area contributed by atoms with Crippen LogP contribution in [0.5, 0.6) is 5.75 Å². The normalized spacial score (nSPS) is 11.1. The molecule has 0 radical (unpaired) electrons. The number of aromatic nitrogens is 6. The van der Waals surface area contributed by atoms with Crippen LogP contribution in [0, 0.1) is 0 Å². The molecule has 132 valence electrons. The molecule has 5 rings (SSSR count). The molecule has 0 aromatic carbocycles. The monoisotopic (exact) mass is 358 g/mol. The first kappa shape index (κ1) is 15.3. The highest BCUT2D eigenvalue weighted by Gasteiger charge is 2.14. The van der Waals surface area contributed by atoms with Crippen LogP contribution in [-0.2, 0) is 0 Å². The molecule has 0 saturated heterocycles. The van der Waals surface area contributed by atoms with Crippen molar-refractivity contribution < 1.29 is 9.15 Å². The van der Waals surface area contributed by atoms with Crippen molar-refractivity contribution in [3.63, 3.8) is 0 Å². The van der Waals surface area contributed by atoms with E-state index in [1.54, 1.807) is 38.2 Å². The molecule has 5 heterocycles. The fourth-order valence-electron chi connectivity index (χ4n) is 2.95. The standard InChI is InChI=1S/C19H14N6O2/c1-26-13-6-12(8-20-9-13)15-7-16(25-24-15)18-22-17-14(11-3-5-27-10-11)2-4-21-19(17)23-18/h2-10H,1H3,(H,24,25)(H,21,22,23). The summed E-state index contributed by atoms with van der Waals surface area (Å²) < 4.78 is 10.4. The molecule has 2 N–H and O–H groups in total. The molecule has 0 aliphatic rings. The number of imidazole rings is 1. The maximum atomic E-state index is 5.22. The second-order valence-corrected chi connectivity index (χ2v) is 5.93. The molecular weight excluding hydrogens is 344 g/mol. The highest BCUT2D eigenvalue weighted by molar-refractivity contribution is 5.91. The van der Waals surface area contributed by atoms with Crippen molar-refractivity contribution in [3.8, 4) is 39.7 Å². The van der Waals surface area contributed by atoms with Crippen LogP contribution in [0.4, 0.5) is 0 Å². The van der Waals surface area contributed by atoms with Crippen molar-refractivity contribution in [2.45, 2.75) is 0 Å². The van der Waals surface area contributed by atoms with Gasteiger partial charge in [-0.1, -0.05) is 0 Å². The summed E-state index contributed by atoms with van der Waals surface area (Å²) in [5.74, 6) is 1.31. The molecule has 0 unspecified atom stereocenters. The lowest BCUT2D eigenvalue weighted by Gasteiger charge is -2.00. The number of ether oxygens (including phenoxy) is 1. The van der Waals surface area contributed by atoms with Gasteiger partial charge in [0.15, 0.2) is 11.5 Å². The van der Waals surface area contributed by atoms with Gasteiger partial charge < -0.3 is 14.1 Å². The summed E-state index contributed by atoms with van der Waals surface area (Å²) >= 11 is 0. The largest absolute Gasteiger partial charge is 0.495 e. The van der Waals surface area contributed by atoms with Gasteiger partial charge in [0.05, 0.1) is 31.5 Å². The summed E-state index contributed by atoms with van der Waals surface area (Å²) in [6.07, 6.45) is 8.47. The number of fused-ring (bicyclic) bond motifs is 1. The highest BCUT2D eigenvalue weighted by Crippen LogP contribution is 2.29. The van der Waals surface area contributed by atoms with E-state index in [1.807, 2.05) is 24.3 Å². The Morgan fingerprint density at radius 3 is 2.93 bits per heavy atom. The summed E-state index contributed by atoms with van der Waals surface area (Å²) in [4.78, 5) is 16.5. The molecule has 0 saturated carbocycles. The molecule has 0 aliphatic carbocycles. The number of pyridine rings is 2. The number of nitrogens with one attached hydrogen (secondary N) is 2. The zero-order valence-corrected chi connectivity index (χ0v) is 14.3. The number of furan rings is 1. The molecule has 0 fully saturated rings. The SMILES string of the molecule is COc1cncc(-c2cc(-c3nc4c(-c5ccoc5)ccnc4[nH]3)n[nH]2)c1. The predicted molar refractivity (Wildman–Crippen MR) is 99.0 cm³/mol. The Hall–Kier alpha value is -3.94. The Kier molecular flexibility index (Phi) is 3.46. The zero-order chi connectivity index (χ0) is 18.2. The molecule has 0 spiro atoms. The van der Waals surface area contributed by atoms with Crippen molar-refractivity contribution in [1.29, 1.82) is 0 Å². The quantitative estimate of drug-likeness (QED) is 0.508. The number of hydrogen-bond acceptors (Lipinski definition) is 6. The highest BCUT2D eigenvalue weighted by atomic mass is 16.5. The number of H-pyrrole nitrogens is 2. The minimum Gasteiger partial charge on any atom is -0.495 e. The van der Waals surface area contributed by atoms with E-state index >= 15 is 0 Å². The van der Waals surface area contributed by atoms with E-state index in [9.17, 15) is 0 Å². The van der Waals surface area contributed by atoms with Crippen molar-refractivity contribution >= 4 is 11.2 Å². The van der Waals surface area contributed by atoms with Crippen LogP contribution >= 0.6 is 0 Å². The van der Waals surface area contributed by atoms with Crippen molar-refractivity contribution in [1.82, 2.24) is 30.1 Å². The van der Waals surface area contributed by atoms with Crippen LogP contribution in [-0.4, -0.2) is 37.2 Å². The van der Waals surface area contributed by atoms with Crippen LogP contribution in [0.1, 0.15) is 0 Å². The minimum absolute atomic E-state index is 0.631. The van der Waals surface area contributed by atoms with Gasteiger partial charge in [0, 0.05) is 29.1 Å². The smallest absolute Gasteiger partial charge is 0.160 e. The van der Waals surface area contributed by atoms with Crippen LogP contribution in [0.3, 0.4) is 0 Å². The van der Waals surface area contributed by atoms with E-state index in [2.05, 4.69) is 25.1 Å². The molecule has 0 bridgehead atoms. The summed E-state index contributed by atoms with van der Waals surface area (Å²) in [5, 5.41) is 7.39. The van der Waals surface area contributed by atoms with E-state index < -0.39 is 0 Å². The van der Waals surface area contributed by atoms with Gasteiger partial charge in [-0.05, 0) is 24.3 Å². The van der Waals surface area contributed by atoms with E-state index in [0.29, 0.717) is 22.9 Å². The van der Waals surface area contributed by atoms with E-state index in [4.69, 9.17) is 14.1 Å². The summed E-state index contributed by atoms with van der Waals surface area (Å²) in [5.41, 5.74) is 5.73. The van der Waals surface area contributed by atoms with Gasteiger partial charge in [0.2, 0.25) is 0 Å². The first-order chi connectivity index (χ1) is 13.3. The van der Waals surface area contributed by atoms with Gasteiger partial charge in [0.25, 0.3) is 0 Å². The van der Waals surface area contributed by atoms with Crippen molar-refractivity contribution in [3.05, 3.63) is 55.4 Å². The number of aromatic amines is 2. The van der Waals surface area contributed by atoms with E-state index in [1.165, 1.54) is 0 Å². The Morgan fingerprint density at radius 2 is 2.07 bits per heavy atom. The van der Waals surface area contributed by atoms with Gasteiger partial charge in [-0.2, -0.15) is 5.10 Å². The molecule has 0 amide bonds. The first-order valence-electron chi connectivity index (χ1n) is 8.24. The van der Waals surface area contributed by atoms with Crippen molar-refractivity contribution in [2.24, 2.45) is 0 Å². The lowest BCUT2D eigenvalue weighted by atomic mass is 10.1. The third-order valence-electron chi connectivity index (χ3n) is 4.30. The van der Waals surface area contributed by atoms with Gasteiger partial charge in [-0.15, -0.1) is 0 Å². The van der Waals surface area contributed by atoms with E-state index in [-0.39, 0.29) is 0 Å². The maximum absolute atomic E-state index is 5.22. The molecule has 8 heteroatoms. The van der Waals surface area contributed by atoms with Crippen LogP contribution in [0.15, 0.2) is 59.8 Å². The minimum atomic E-state index is 0.631. The van der Waals surface area contributed by atoms with Crippen LogP contribution in [0.25, 0.3) is 45.1 Å². The summed E-state index contributed by atoms with van der Waals surface area (Å²) in [6.45, 7) is 0. The number of rotatable bonds is 4. The molecule has 27 heavy (non-hydrogen) atoms. The lowest BCUT2D eigenvalue weighted by molar-refractivity contribution is 0.413. The van der Waals surface area contributed by atoms with Gasteiger partial charge >= 0.3 is 0 Å². The van der Waals surface area contributed by atoms with E-state index in [0.717, 1.165) is 27.9 Å². The second kappa shape index (κ2) is 6.10. The van der Waals surface area contributed by atoms with Gasteiger partial charge in [-0.25, -0.2) is 9.97 Å². The molecule has 0 aliphatic heterocycles. The second-order valence-electron chi connectivity index (χ2n) is 5.93. The summed E-state index contributed by atoms with van der Waals surface area (Å²) in [7, 11) is 1.61. The number of methoxy groups -OCH3 is 1. The predicted octanol–water partition coefficient (Wildman–Crippen LogP) is 3.68. The Morgan fingerprint density at radius 1 is 1.11 bits per heavy atom.